The van der Waals surface area contributed by atoms with E-state index in [1.54, 1.807) is 0 Å². The van der Waals surface area contributed by atoms with Gasteiger partial charge in [0.1, 0.15) is 0 Å². The van der Waals surface area contributed by atoms with E-state index < -0.39 is 0 Å². The summed E-state index contributed by atoms with van der Waals surface area (Å²) < 4.78 is 0. The average Bonchev–Trinajstić information content (AvgIpc) is 2.55. The van der Waals surface area contributed by atoms with Crippen LogP contribution in [0.1, 0.15) is 102 Å². The Labute approximate surface area is 147 Å². The fraction of sp³-hybridized carbons (Fsp3) is 0.600. The highest BCUT2D eigenvalue weighted by molar-refractivity contribution is 5.09. The summed E-state index contributed by atoms with van der Waals surface area (Å²) in [6.07, 6.45) is 7.44. The van der Waals surface area contributed by atoms with Gasteiger partial charge in [0.05, 0.1) is 22.8 Å². The van der Waals surface area contributed by atoms with Crippen LogP contribution in [0.3, 0.4) is 0 Å². The molecule has 0 fully saturated rings. The molecule has 0 aliphatic heterocycles. The van der Waals surface area contributed by atoms with Crippen molar-refractivity contribution in [3.63, 3.8) is 0 Å². The van der Waals surface area contributed by atoms with Crippen molar-refractivity contribution in [1.29, 1.82) is 0 Å². The van der Waals surface area contributed by atoms with E-state index in [2.05, 4.69) is 75.3 Å². The Hall–Kier alpha value is -1.84. The zero-order chi connectivity index (χ0) is 18.3. The van der Waals surface area contributed by atoms with Crippen molar-refractivity contribution in [2.75, 3.05) is 0 Å². The molecule has 0 aliphatic rings. The molecule has 0 unspecified atom stereocenters. The molecule has 0 atom stereocenters. The van der Waals surface area contributed by atoms with E-state index in [9.17, 15) is 0 Å². The molecule has 0 amide bonds. The summed E-state index contributed by atoms with van der Waals surface area (Å²) in [5.41, 5.74) is 4.31. The van der Waals surface area contributed by atoms with Crippen molar-refractivity contribution >= 4 is 0 Å². The van der Waals surface area contributed by atoms with Crippen molar-refractivity contribution < 1.29 is 0 Å². The molecule has 0 radical (unpaired) electrons. The standard InChI is InChI=1S/2C10H16N2/c1-7(2)9-5-12-10(6-11-9)8(3)4;1-7(2)9-5-11-6-10(12-9)8(3)4/h2*5-8H,1-4H3. The van der Waals surface area contributed by atoms with Crippen LogP contribution in [0.25, 0.3) is 0 Å². The number of aromatic nitrogens is 4. The maximum Gasteiger partial charge on any atom is 0.0615 e. The predicted molar refractivity (Wildman–Crippen MR) is 100 cm³/mol. The third kappa shape index (κ3) is 6.34. The Morgan fingerprint density at radius 3 is 1.08 bits per heavy atom. The molecule has 2 aromatic heterocycles. The van der Waals surface area contributed by atoms with Crippen LogP contribution in [0, 0.1) is 0 Å². The first-order valence-electron chi connectivity index (χ1n) is 8.86. The molecule has 132 valence electrons. The van der Waals surface area contributed by atoms with Gasteiger partial charge in [0, 0.05) is 24.8 Å². The lowest BCUT2D eigenvalue weighted by Crippen LogP contribution is -2.00. The normalized spacial score (nSPS) is 11.2. The molecule has 0 saturated carbocycles. The van der Waals surface area contributed by atoms with Gasteiger partial charge in [-0.3, -0.25) is 19.9 Å². The SMILES string of the molecule is CC(C)c1cnc(C(C)C)cn1.CC(C)c1cncc(C(C)C)n1. The van der Waals surface area contributed by atoms with Crippen LogP contribution in [-0.2, 0) is 0 Å². The Kier molecular flexibility index (Phi) is 7.96. The minimum absolute atomic E-state index is 0.469. The second-order valence-electron chi connectivity index (χ2n) is 7.35. The lowest BCUT2D eigenvalue weighted by atomic mass is 10.1. The molecule has 0 saturated heterocycles. The van der Waals surface area contributed by atoms with Crippen molar-refractivity contribution in [3.8, 4) is 0 Å². The minimum Gasteiger partial charge on any atom is -0.261 e. The molecule has 0 aromatic carbocycles. The van der Waals surface area contributed by atoms with Gasteiger partial charge < -0.3 is 0 Å². The van der Waals surface area contributed by atoms with Crippen LogP contribution in [0.15, 0.2) is 24.8 Å². The summed E-state index contributed by atoms with van der Waals surface area (Å²) in [5.74, 6) is 1.88. The largest absolute Gasteiger partial charge is 0.261 e. The molecular weight excluding hydrogens is 296 g/mol. The first-order valence-corrected chi connectivity index (χ1v) is 8.86. The molecule has 24 heavy (non-hydrogen) atoms. The molecule has 2 rings (SSSR count). The fourth-order valence-corrected chi connectivity index (χ4v) is 1.90. The summed E-state index contributed by atoms with van der Waals surface area (Å²) in [6.45, 7) is 17.0. The van der Waals surface area contributed by atoms with Gasteiger partial charge >= 0.3 is 0 Å². The number of nitrogens with zero attached hydrogens (tertiary/aromatic N) is 4. The number of hydrogen-bond donors (Lipinski definition) is 0. The van der Waals surface area contributed by atoms with Crippen molar-refractivity contribution in [1.82, 2.24) is 19.9 Å². The molecule has 2 aromatic rings. The summed E-state index contributed by atoms with van der Waals surface area (Å²) in [4.78, 5) is 17.3. The van der Waals surface area contributed by atoms with Crippen molar-refractivity contribution in [2.45, 2.75) is 79.1 Å². The zero-order valence-corrected chi connectivity index (χ0v) is 16.4. The second kappa shape index (κ2) is 9.45. The summed E-state index contributed by atoms with van der Waals surface area (Å²) in [5, 5.41) is 0. The molecular formula is C20H32N4. The first-order chi connectivity index (χ1) is 11.2. The minimum atomic E-state index is 0.469. The molecule has 0 N–H and O–H groups in total. The lowest BCUT2D eigenvalue weighted by Gasteiger charge is -2.07. The van der Waals surface area contributed by atoms with Crippen LogP contribution in [0.5, 0.6) is 0 Å². The van der Waals surface area contributed by atoms with Gasteiger partial charge in [-0.2, -0.15) is 0 Å². The van der Waals surface area contributed by atoms with E-state index in [1.807, 2.05) is 24.8 Å². The maximum atomic E-state index is 4.51. The monoisotopic (exact) mass is 328 g/mol. The van der Waals surface area contributed by atoms with E-state index in [4.69, 9.17) is 0 Å². The topological polar surface area (TPSA) is 51.6 Å². The molecule has 0 aliphatic carbocycles. The average molecular weight is 329 g/mol. The second-order valence-corrected chi connectivity index (χ2v) is 7.35. The number of rotatable bonds is 4. The summed E-state index contributed by atoms with van der Waals surface area (Å²) in [6, 6.07) is 0. The highest BCUT2D eigenvalue weighted by Crippen LogP contribution is 2.15. The highest BCUT2D eigenvalue weighted by Gasteiger charge is 2.05. The number of hydrogen-bond acceptors (Lipinski definition) is 4. The summed E-state index contributed by atoms with van der Waals surface area (Å²) >= 11 is 0. The van der Waals surface area contributed by atoms with Crippen LogP contribution in [0.2, 0.25) is 0 Å². The van der Waals surface area contributed by atoms with Gasteiger partial charge in [0.25, 0.3) is 0 Å². The van der Waals surface area contributed by atoms with Crippen molar-refractivity contribution in [3.05, 3.63) is 47.6 Å². The predicted octanol–water partition coefficient (Wildman–Crippen LogP) is 5.45. The van der Waals surface area contributed by atoms with Crippen LogP contribution in [0.4, 0.5) is 0 Å². The van der Waals surface area contributed by atoms with Crippen molar-refractivity contribution in [2.24, 2.45) is 0 Å². The molecule has 0 bridgehead atoms. The van der Waals surface area contributed by atoms with E-state index in [0.29, 0.717) is 23.7 Å². The Bertz CT molecular complexity index is 551. The van der Waals surface area contributed by atoms with Gasteiger partial charge in [-0.1, -0.05) is 55.4 Å². The Balaban J connectivity index is 0.000000240. The van der Waals surface area contributed by atoms with E-state index in [0.717, 1.165) is 22.8 Å². The molecule has 4 heteroatoms. The van der Waals surface area contributed by atoms with Crippen LogP contribution >= 0.6 is 0 Å². The van der Waals surface area contributed by atoms with Gasteiger partial charge in [-0.15, -0.1) is 0 Å². The molecule has 2 heterocycles. The van der Waals surface area contributed by atoms with Gasteiger partial charge in [0.15, 0.2) is 0 Å². The Morgan fingerprint density at radius 1 is 0.500 bits per heavy atom. The smallest absolute Gasteiger partial charge is 0.0615 e. The maximum absolute atomic E-state index is 4.51. The van der Waals surface area contributed by atoms with Gasteiger partial charge in [-0.05, 0) is 23.7 Å². The first kappa shape index (κ1) is 20.2. The zero-order valence-electron chi connectivity index (χ0n) is 16.4. The highest BCUT2D eigenvalue weighted by atomic mass is 14.8. The third-order valence-electron chi connectivity index (χ3n) is 3.73. The molecule has 0 spiro atoms. The fourth-order valence-electron chi connectivity index (χ4n) is 1.90. The van der Waals surface area contributed by atoms with E-state index >= 15 is 0 Å². The van der Waals surface area contributed by atoms with Crippen LogP contribution < -0.4 is 0 Å². The lowest BCUT2D eigenvalue weighted by molar-refractivity contribution is 0.751. The van der Waals surface area contributed by atoms with Gasteiger partial charge in [0.2, 0.25) is 0 Å². The van der Waals surface area contributed by atoms with Crippen LogP contribution in [-0.4, -0.2) is 19.9 Å². The van der Waals surface area contributed by atoms with E-state index in [-0.39, 0.29) is 0 Å². The molecule has 4 nitrogen and oxygen atoms in total. The van der Waals surface area contributed by atoms with E-state index in [1.165, 1.54) is 0 Å². The quantitative estimate of drug-likeness (QED) is 0.749. The third-order valence-corrected chi connectivity index (χ3v) is 3.73. The van der Waals surface area contributed by atoms with Gasteiger partial charge in [-0.25, -0.2) is 0 Å². The Morgan fingerprint density at radius 2 is 0.833 bits per heavy atom. The summed E-state index contributed by atoms with van der Waals surface area (Å²) in [7, 11) is 0.